The van der Waals surface area contributed by atoms with Gasteiger partial charge in [-0.05, 0) is 36.4 Å². The van der Waals surface area contributed by atoms with Gasteiger partial charge >= 0.3 is 0 Å². The van der Waals surface area contributed by atoms with E-state index in [0.29, 0.717) is 16.7 Å². The Labute approximate surface area is 102 Å². The summed E-state index contributed by atoms with van der Waals surface area (Å²) < 4.78 is 18.1. The molecule has 0 saturated heterocycles. The summed E-state index contributed by atoms with van der Waals surface area (Å²) in [5, 5.41) is 0. The van der Waals surface area contributed by atoms with Crippen LogP contribution in [-0.2, 0) is 0 Å². The maximum absolute atomic E-state index is 12.8. The first-order valence-corrected chi connectivity index (χ1v) is 5.40. The van der Waals surface area contributed by atoms with Gasteiger partial charge in [-0.15, -0.1) is 0 Å². The minimum Gasteiger partial charge on any atom is -0.433 e. The predicted molar refractivity (Wildman–Crippen MR) is 63.8 cm³/mol. The SMILES string of the molecule is O=C(c1ccc(F)cc1)c1nc2ccccc2o1. The van der Waals surface area contributed by atoms with Crippen molar-refractivity contribution in [2.24, 2.45) is 0 Å². The fourth-order valence-electron chi connectivity index (χ4n) is 1.69. The number of oxazole rings is 1. The lowest BCUT2D eigenvalue weighted by Crippen LogP contribution is -2.01. The van der Waals surface area contributed by atoms with Crippen molar-refractivity contribution in [2.75, 3.05) is 0 Å². The highest BCUT2D eigenvalue weighted by molar-refractivity contribution is 6.06. The van der Waals surface area contributed by atoms with Crippen LogP contribution < -0.4 is 0 Å². The van der Waals surface area contributed by atoms with E-state index in [2.05, 4.69) is 4.98 Å². The molecule has 2 aromatic carbocycles. The number of rotatable bonds is 2. The predicted octanol–water partition coefficient (Wildman–Crippen LogP) is 3.20. The van der Waals surface area contributed by atoms with E-state index in [-0.39, 0.29) is 17.5 Å². The van der Waals surface area contributed by atoms with Crippen LogP contribution in [0.3, 0.4) is 0 Å². The van der Waals surface area contributed by atoms with E-state index < -0.39 is 0 Å². The Balaban J connectivity index is 2.03. The van der Waals surface area contributed by atoms with Gasteiger partial charge in [0.15, 0.2) is 5.58 Å². The summed E-state index contributed by atoms with van der Waals surface area (Å²) in [7, 11) is 0. The fraction of sp³-hybridized carbons (Fsp3) is 0. The molecule has 3 nitrogen and oxygen atoms in total. The average Bonchev–Trinajstić information content (AvgIpc) is 2.82. The van der Waals surface area contributed by atoms with Crippen LogP contribution in [0, 0.1) is 5.82 Å². The van der Waals surface area contributed by atoms with Crippen LogP contribution in [0.15, 0.2) is 52.9 Å². The molecular formula is C14H8FNO2. The third-order valence-electron chi connectivity index (χ3n) is 2.59. The summed E-state index contributed by atoms with van der Waals surface area (Å²) in [4.78, 5) is 16.2. The molecule has 88 valence electrons. The molecule has 4 heteroatoms. The Morgan fingerprint density at radius 2 is 1.78 bits per heavy atom. The lowest BCUT2D eigenvalue weighted by molar-refractivity contribution is 0.100. The minimum absolute atomic E-state index is 0.0165. The van der Waals surface area contributed by atoms with Crippen molar-refractivity contribution >= 4 is 16.9 Å². The Morgan fingerprint density at radius 1 is 1.06 bits per heavy atom. The number of carbonyl (C=O) groups excluding carboxylic acids is 1. The van der Waals surface area contributed by atoms with E-state index in [4.69, 9.17) is 4.42 Å². The summed E-state index contributed by atoms with van der Waals surface area (Å²) in [6.07, 6.45) is 0. The molecule has 0 bridgehead atoms. The number of hydrogen-bond acceptors (Lipinski definition) is 3. The number of nitrogens with zero attached hydrogens (tertiary/aromatic N) is 1. The number of carbonyl (C=O) groups is 1. The van der Waals surface area contributed by atoms with Crippen molar-refractivity contribution in [3.63, 3.8) is 0 Å². The summed E-state index contributed by atoms with van der Waals surface area (Å²) in [6.45, 7) is 0. The first kappa shape index (κ1) is 10.7. The van der Waals surface area contributed by atoms with Crippen molar-refractivity contribution in [2.45, 2.75) is 0 Å². The number of halogens is 1. The summed E-state index contributed by atoms with van der Waals surface area (Å²) in [6, 6.07) is 12.4. The molecule has 0 aliphatic heterocycles. The van der Waals surface area contributed by atoms with E-state index in [1.807, 2.05) is 6.07 Å². The zero-order chi connectivity index (χ0) is 12.5. The lowest BCUT2D eigenvalue weighted by Gasteiger charge is -1.95. The van der Waals surface area contributed by atoms with Gasteiger partial charge in [0.1, 0.15) is 11.3 Å². The summed E-state index contributed by atoms with van der Waals surface area (Å²) in [5.74, 6) is -0.724. The average molecular weight is 241 g/mol. The number of fused-ring (bicyclic) bond motifs is 1. The van der Waals surface area contributed by atoms with Gasteiger partial charge in [-0.25, -0.2) is 9.37 Å². The maximum Gasteiger partial charge on any atom is 0.269 e. The Kier molecular flexibility index (Phi) is 2.41. The van der Waals surface area contributed by atoms with E-state index in [0.717, 1.165) is 0 Å². The van der Waals surface area contributed by atoms with E-state index in [1.165, 1.54) is 24.3 Å². The highest BCUT2D eigenvalue weighted by Gasteiger charge is 2.16. The van der Waals surface area contributed by atoms with Crippen LogP contribution in [0.25, 0.3) is 11.1 Å². The van der Waals surface area contributed by atoms with Gasteiger partial charge in [-0.2, -0.15) is 0 Å². The van der Waals surface area contributed by atoms with Crippen LogP contribution in [0.1, 0.15) is 16.2 Å². The van der Waals surface area contributed by atoms with Crippen LogP contribution in [-0.4, -0.2) is 10.8 Å². The van der Waals surface area contributed by atoms with Gasteiger partial charge in [0, 0.05) is 5.56 Å². The third-order valence-corrected chi connectivity index (χ3v) is 2.59. The largest absolute Gasteiger partial charge is 0.433 e. The van der Waals surface area contributed by atoms with Crippen molar-refractivity contribution in [3.05, 3.63) is 65.8 Å². The molecule has 0 aliphatic rings. The monoisotopic (exact) mass is 241 g/mol. The molecule has 1 heterocycles. The molecule has 3 aromatic rings. The third kappa shape index (κ3) is 1.78. The number of para-hydroxylation sites is 2. The number of hydrogen-bond donors (Lipinski definition) is 0. The van der Waals surface area contributed by atoms with E-state index in [1.54, 1.807) is 18.2 Å². The second kappa shape index (κ2) is 4.07. The zero-order valence-electron chi connectivity index (χ0n) is 9.26. The number of aromatic nitrogens is 1. The van der Waals surface area contributed by atoms with Gasteiger partial charge in [0.05, 0.1) is 0 Å². The molecule has 0 fully saturated rings. The van der Waals surface area contributed by atoms with Gasteiger partial charge in [-0.1, -0.05) is 12.1 Å². The molecule has 0 spiro atoms. The first-order valence-electron chi connectivity index (χ1n) is 5.40. The second-order valence-electron chi connectivity index (χ2n) is 3.82. The molecule has 0 amide bonds. The van der Waals surface area contributed by atoms with E-state index >= 15 is 0 Å². The Bertz CT molecular complexity index is 683. The van der Waals surface area contributed by atoms with Crippen molar-refractivity contribution < 1.29 is 13.6 Å². The first-order chi connectivity index (χ1) is 8.74. The highest BCUT2D eigenvalue weighted by atomic mass is 19.1. The van der Waals surface area contributed by atoms with Gasteiger partial charge in [0.2, 0.25) is 5.78 Å². The molecule has 3 rings (SSSR count). The lowest BCUT2D eigenvalue weighted by atomic mass is 10.1. The summed E-state index contributed by atoms with van der Waals surface area (Å²) >= 11 is 0. The van der Waals surface area contributed by atoms with E-state index in [9.17, 15) is 9.18 Å². The number of benzene rings is 2. The van der Waals surface area contributed by atoms with Crippen LogP contribution in [0.4, 0.5) is 4.39 Å². The molecule has 0 unspecified atom stereocenters. The quantitative estimate of drug-likeness (QED) is 0.647. The highest BCUT2D eigenvalue weighted by Crippen LogP contribution is 2.17. The van der Waals surface area contributed by atoms with Crippen LogP contribution >= 0.6 is 0 Å². The standard InChI is InChI=1S/C14H8FNO2/c15-10-7-5-9(6-8-10)13(17)14-16-11-3-1-2-4-12(11)18-14/h1-8H. The maximum atomic E-state index is 12.8. The van der Waals surface area contributed by atoms with Crippen molar-refractivity contribution in [3.8, 4) is 0 Å². The molecule has 0 radical (unpaired) electrons. The molecular weight excluding hydrogens is 233 g/mol. The zero-order valence-corrected chi connectivity index (χ0v) is 9.26. The molecule has 0 saturated carbocycles. The molecule has 0 atom stereocenters. The van der Waals surface area contributed by atoms with Crippen LogP contribution in [0.2, 0.25) is 0 Å². The molecule has 0 aliphatic carbocycles. The Morgan fingerprint density at radius 3 is 2.50 bits per heavy atom. The summed E-state index contributed by atoms with van der Waals surface area (Å²) in [5.41, 5.74) is 1.54. The van der Waals surface area contributed by atoms with Crippen molar-refractivity contribution in [1.29, 1.82) is 0 Å². The molecule has 1 aromatic heterocycles. The number of ketones is 1. The minimum atomic E-state index is -0.385. The molecule has 0 N–H and O–H groups in total. The normalized spacial score (nSPS) is 10.7. The van der Waals surface area contributed by atoms with Gasteiger partial charge < -0.3 is 4.42 Å². The smallest absolute Gasteiger partial charge is 0.269 e. The second-order valence-corrected chi connectivity index (χ2v) is 3.82. The van der Waals surface area contributed by atoms with Crippen LogP contribution in [0.5, 0.6) is 0 Å². The fourth-order valence-corrected chi connectivity index (χ4v) is 1.69. The van der Waals surface area contributed by atoms with Gasteiger partial charge in [-0.3, -0.25) is 4.79 Å². The van der Waals surface area contributed by atoms with Crippen molar-refractivity contribution in [1.82, 2.24) is 4.98 Å². The Hall–Kier alpha value is -2.49. The molecule has 18 heavy (non-hydrogen) atoms. The van der Waals surface area contributed by atoms with Gasteiger partial charge in [0.25, 0.3) is 5.89 Å². The topological polar surface area (TPSA) is 43.1 Å².